The first kappa shape index (κ1) is 22.6. The summed E-state index contributed by atoms with van der Waals surface area (Å²) in [6, 6.07) is 0. The van der Waals surface area contributed by atoms with Crippen molar-refractivity contribution >= 4 is 11.9 Å². The molecule has 6 nitrogen and oxygen atoms in total. The van der Waals surface area contributed by atoms with Gasteiger partial charge in [-0.05, 0) is 25.7 Å². The molecule has 1 heterocycles. The summed E-state index contributed by atoms with van der Waals surface area (Å²) in [6.07, 6.45) is 8.14. The molecule has 0 spiro atoms. The molecule has 1 unspecified atom stereocenters. The highest BCUT2D eigenvalue weighted by atomic mass is 16.7. The van der Waals surface area contributed by atoms with E-state index in [-0.39, 0.29) is 6.10 Å². The van der Waals surface area contributed by atoms with Gasteiger partial charge in [0.05, 0.1) is 0 Å². The molecule has 26 heavy (non-hydrogen) atoms. The maximum atomic E-state index is 11.4. The third-order valence-corrected chi connectivity index (χ3v) is 4.36. The van der Waals surface area contributed by atoms with Crippen LogP contribution in [0.2, 0.25) is 0 Å². The number of allylic oxidation sites excluding steroid dienone is 1. The molecular formula is C20H34O6. The van der Waals surface area contributed by atoms with Gasteiger partial charge in [0, 0.05) is 20.5 Å². The van der Waals surface area contributed by atoms with Crippen LogP contribution in [0, 0.1) is 0 Å². The van der Waals surface area contributed by atoms with Gasteiger partial charge in [0.2, 0.25) is 0 Å². The zero-order valence-corrected chi connectivity index (χ0v) is 16.4. The van der Waals surface area contributed by atoms with Crippen LogP contribution in [0.1, 0.15) is 72.1 Å². The standard InChI is InChI=1S/C20H34O6/c1-5-7-8-9-10-11-12-13-14-23-20-19(25-16(4)22)18(24-15(3)21)17(6-2)26-20/h5,17-20H,1,6-14H2,2-4H3/t17-,18+,19?,20-/m1/s1. The van der Waals surface area contributed by atoms with Gasteiger partial charge in [-0.2, -0.15) is 0 Å². The largest absolute Gasteiger partial charge is 0.456 e. The number of hydrogen-bond acceptors (Lipinski definition) is 6. The van der Waals surface area contributed by atoms with E-state index in [1.165, 1.54) is 39.5 Å². The van der Waals surface area contributed by atoms with Crippen LogP contribution in [0.25, 0.3) is 0 Å². The van der Waals surface area contributed by atoms with Crippen molar-refractivity contribution in [1.82, 2.24) is 0 Å². The average Bonchev–Trinajstić information content (AvgIpc) is 2.89. The molecular weight excluding hydrogens is 336 g/mol. The molecule has 150 valence electrons. The minimum absolute atomic E-state index is 0.335. The van der Waals surface area contributed by atoms with E-state index in [1.807, 2.05) is 13.0 Å². The van der Waals surface area contributed by atoms with Crippen LogP contribution in [0.3, 0.4) is 0 Å². The third kappa shape index (κ3) is 8.32. The van der Waals surface area contributed by atoms with Gasteiger partial charge in [-0.1, -0.05) is 38.7 Å². The summed E-state index contributed by atoms with van der Waals surface area (Å²) in [5.41, 5.74) is 0. The van der Waals surface area contributed by atoms with Crippen LogP contribution in [-0.2, 0) is 28.5 Å². The first-order valence-corrected chi connectivity index (χ1v) is 9.72. The normalized spacial score (nSPS) is 25.0. The SMILES string of the molecule is C=CCCCCCCCCO[C@@H]1O[C@H](CC)[C@H](OC(C)=O)C1OC(C)=O. The zero-order valence-electron chi connectivity index (χ0n) is 16.4. The minimum atomic E-state index is -0.722. The molecule has 0 aromatic rings. The first-order valence-electron chi connectivity index (χ1n) is 9.72. The summed E-state index contributed by atoms with van der Waals surface area (Å²) in [7, 11) is 0. The Bertz CT molecular complexity index is 436. The molecule has 0 aromatic carbocycles. The monoisotopic (exact) mass is 370 g/mol. The number of ether oxygens (including phenoxy) is 4. The van der Waals surface area contributed by atoms with Crippen molar-refractivity contribution in [2.45, 2.75) is 96.7 Å². The van der Waals surface area contributed by atoms with Crippen molar-refractivity contribution in [2.75, 3.05) is 6.61 Å². The molecule has 0 aliphatic carbocycles. The molecule has 1 rings (SSSR count). The Kier molecular flexibility index (Phi) is 11.2. The number of carbonyl (C=O) groups excluding carboxylic acids is 2. The van der Waals surface area contributed by atoms with Crippen molar-refractivity contribution in [3.63, 3.8) is 0 Å². The van der Waals surface area contributed by atoms with E-state index in [9.17, 15) is 9.59 Å². The van der Waals surface area contributed by atoms with E-state index in [1.54, 1.807) is 0 Å². The predicted octanol–water partition coefficient (Wildman–Crippen LogP) is 3.92. The van der Waals surface area contributed by atoms with Crippen molar-refractivity contribution in [1.29, 1.82) is 0 Å². The molecule has 0 radical (unpaired) electrons. The van der Waals surface area contributed by atoms with Crippen molar-refractivity contribution in [3.05, 3.63) is 12.7 Å². The van der Waals surface area contributed by atoms with E-state index in [0.29, 0.717) is 13.0 Å². The highest BCUT2D eigenvalue weighted by Crippen LogP contribution is 2.30. The third-order valence-electron chi connectivity index (χ3n) is 4.36. The maximum absolute atomic E-state index is 11.4. The number of rotatable bonds is 13. The lowest BCUT2D eigenvalue weighted by atomic mass is 10.1. The van der Waals surface area contributed by atoms with Gasteiger partial charge in [-0.15, -0.1) is 6.58 Å². The number of unbranched alkanes of at least 4 members (excludes halogenated alkanes) is 6. The minimum Gasteiger partial charge on any atom is -0.456 e. The fourth-order valence-electron chi connectivity index (χ4n) is 3.10. The Morgan fingerprint density at radius 1 is 0.962 bits per heavy atom. The van der Waals surface area contributed by atoms with E-state index in [2.05, 4.69) is 6.58 Å². The van der Waals surface area contributed by atoms with Gasteiger partial charge in [0.1, 0.15) is 6.10 Å². The van der Waals surface area contributed by atoms with Gasteiger partial charge in [0.15, 0.2) is 18.5 Å². The summed E-state index contributed by atoms with van der Waals surface area (Å²) >= 11 is 0. The van der Waals surface area contributed by atoms with Crippen molar-refractivity contribution in [2.24, 2.45) is 0 Å². The second kappa shape index (κ2) is 12.9. The Hall–Kier alpha value is -1.40. The van der Waals surface area contributed by atoms with Crippen molar-refractivity contribution < 1.29 is 28.5 Å². The molecule has 6 heteroatoms. The molecule has 0 bridgehead atoms. The van der Waals surface area contributed by atoms with E-state index in [4.69, 9.17) is 18.9 Å². The van der Waals surface area contributed by atoms with Crippen molar-refractivity contribution in [3.8, 4) is 0 Å². The molecule has 0 saturated carbocycles. The quantitative estimate of drug-likeness (QED) is 0.278. The Labute approximate surface area is 157 Å². The molecule has 0 N–H and O–H groups in total. The van der Waals surface area contributed by atoms with Crippen LogP contribution in [0.4, 0.5) is 0 Å². The number of carbonyl (C=O) groups is 2. The predicted molar refractivity (Wildman–Crippen MR) is 98.5 cm³/mol. The highest BCUT2D eigenvalue weighted by molar-refractivity contribution is 5.67. The Morgan fingerprint density at radius 2 is 1.54 bits per heavy atom. The van der Waals surface area contributed by atoms with E-state index in [0.717, 1.165) is 19.3 Å². The number of hydrogen-bond donors (Lipinski definition) is 0. The molecule has 1 aliphatic heterocycles. The van der Waals surface area contributed by atoms with Gasteiger partial charge in [-0.25, -0.2) is 0 Å². The van der Waals surface area contributed by atoms with Crippen LogP contribution in [-0.4, -0.2) is 43.1 Å². The summed E-state index contributed by atoms with van der Waals surface area (Å²) < 4.78 is 22.3. The molecule has 1 fully saturated rings. The lowest BCUT2D eigenvalue weighted by Crippen LogP contribution is -2.40. The first-order chi connectivity index (χ1) is 12.5. The van der Waals surface area contributed by atoms with Crippen LogP contribution in [0.15, 0.2) is 12.7 Å². The molecule has 4 atom stereocenters. The molecule has 0 aromatic heterocycles. The topological polar surface area (TPSA) is 71.1 Å². The van der Waals surface area contributed by atoms with Crippen LogP contribution < -0.4 is 0 Å². The van der Waals surface area contributed by atoms with E-state index < -0.39 is 30.4 Å². The zero-order chi connectivity index (χ0) is 19.4. The summed E-state index contributed by atoms with van der Waals surface area (Å²) in [5.74, 6) is -0.869. The van der Waals surface area contributed by atoms with E-state index >= 15 is 0 Å². The maximum Gasteiger partial charge on any atom is 0.303 e. The highest BCUT2D eigenvalue weighted by Gasteiger charge is 2.48. The fraction of sp³-hybridized carbons (Fsp3) is 0.800. The second-order valence-electron chi connectivity index (χ2n) is 6.67. The lowest BCUT2D eigenvalue weighted by Gasteiger charge is -2.23. The molecule has 1 saturated heterocycles. The summed E-state index contributed by atoms with van der Waals surface area (Å²) in [6.45, 7) is 8.84. The van der Waals surface area contributed by atoms with Gasteiger partial charge in [-0.3, -0.25) is 9.59 Å². The van der Waals surface area contributed by atoms with Crippen LogP contribution in [0.5, 0.6) is 0 Å². The van der Waals surface area contributed by atoms with Gasteiger partial charge < -0.3 is 18.9 Å². The molecule has 1 aliphatic rings. The fourth-order valence-corrected chi connectivity index (χ4v) is 3.10. The smallest absolute Gasteiger partial charge is 0.303 e. The van der Waals surface area contributed by atoms with Gasteiger partial charge in [0.25, 0.3) is 0 Å². The second-order valence-corrected chi connectivity index (χ2v) is 6.67. The summed E-state index contributed by atoms with van der Waals surface area (Å²) in [5, 5.41) is 0. The Balaban J connectivity index is 2.39. The average molecular weight is 370 g/mol. The number of esters is 2. The lowest BCUT2D eigenvalue weighted by molar-refractivity contribution is -0.188. The summed E-state index contributed by atoms with van der Waals surface area (Å²) in [4.78, 5) is 22.8. The molecule has 0 amide bonds. The van der Waals surface area contributed by atoms with Crippen LogP contribution >= 0.6 is 0 Å². The van der Waals surface area contributed by atoms with Gasteiger partial charge >= 0.3 is 11.9 Å². The Morgan fingerprint density at radius 3 is 2.12 bits per heavy atom.